The van der Waals surface area contributed by atoms with Crippen LogP contribution in [-0.2, 0) is 5.92 Å². The van der Waals surface area contributed by atoms with Crippen LogP contribution >= 0.6 is 23.2 Å². The molecule has 6 nitrogen and oxygen atoms in total. The summed E-state index contributed by atoms with van der Waals surface area (Å²) in [7, 11) is 0. The van der Waals surface area contributed by atoms with Gasteiger partial charge in [-0.3, -0.25) is 4.40 Å². The van der Waals surface area contributed by atoms with Crippen LogP contribution in [0.1, 0.15) is 5.69 Å². The zero-order valence-corrected chi connectivity index (χ0v) is 17.4. The smallest absolute Gasteiger partial charge is 0.422 e. The summed E-state index contributed by atoms with van der Waals surface area (Å²) in [6.45, 7) is 0. The standard InChI is InChI=1S/C20H8Cl2F5N5O/c21-9-1-2-10(13(22)5-9)12-6-15(19(23,24)20(25,26)27)30-17-11(12)3-4-16-29-14(7-32(16)17)18-31-28-8-33-18/h1-8H. The highest BCUT2D eigenvalue weighted by atomic mass is 35.5. The maximum Gasteiger partial charge on any atom is 0.459 e. The van der Waals surface area contributed by atoms with E-state index in [1.54, 1.807) is 6.07 Å². The third kappa shape index (κ3) is 3.47. The molecule has 4 aromatic heterocycles. The summed E-state index contributed by atoms with van der Waals surface area (Å²) in [4.78, 5) is 7.94. The lowest BCUT2D eigenvalue weighted by atomic mass is 10.00. The second-order valence-electron chi connectivity index (χ2n) is 6.92. The third-order valence-electron chi connectivity index (χ3n) is 4.88. The first-order chi connectivity index (χ1) is 15.6. The minimum Gasteiger partial charge on any atom is -0.422 e. The van der Waals surface area contributed by atoms with Gasteiger partial charge in [0, 0.05) is 27.2 Å². The molecule has 0 amide bonds. The van der Waals surface area contributed by atoms with Crippen LogP contribution in [0.4, 0.5) is 22.0 Å². The number of pyridine rings is 2. The predicted octanol–water partition coefficient (Wildman–Crippen LogP) is 6.56. The van der Waals surface area contributed by atoms with Gasteiger partial charge in [0.25, 0.3) is 5.89 Å². The fourth-order valence-electron chi connectivity index (χ4n) is 3.35. The summed E-state index contributed by atoms with van der Waals surface area (Å²) in [6.07, 6.45) is -3.45. The number of benzene rings is 1. The van der Waals surface area contributed by atoms with Crippen LogP contribution in [0.2, 0.25) is 10.0 Å². The molecule has 1 aromatic carbocycles. The molecule has 0 aliphatic heterocycles. The fraction of sp³-hybridized carbons (Fsp3) is 0.100. The molecule has 0 N–H and O–H groups in total. The molecule has 5 rings (SSSR count). The highest BCUT2D eigenvalue weighted by molar-refractivity contribution is 6.36. The van der Waals surface area contributed by atoms with E-state index in [4.69, 9.17) is 27.6 Å². The molecule has 0 radical (unpaired) electrons. The maximum atomic E-state index is 14.4. The topological polar surface area (TPSA) is 69.1 Å². The first-order valence-corrected chi connectivity index (χ1v) is 9.82. The lowest BCUT2D eigenvalue weighted by Gasteiger charge is -2.21. The van der Waals surface area contributed by atoms with Gasteiger partial charge in [0.15, 0.2) is 0 Å². The van der Waals surface area contributed by atoms with Crippen molar-refractivity contribution in [2.75, 3.05) is 0 Å². The molecule has 13 heteroatoms. The van der Waals surface area contributed by atoms with Gasteiger partial charge in [0.1, 0.15) is 22.7 Å². The van der Waals surface area contributed by atoms with E-state index in [2.05, 4.69) is 20.2 Å². The van der Waals surface area contributed by atoms with Crippen LogP contribution < -0.4 is 0 Å². The molecular formula is C20H8Cl2F5N5O. The quantitative estimate of drug-likeness (QED) is 0.263. The SMILES string of the molecule is FC(F)(F)C(F)(F)c1cc(-c2ccc(Cl)cc2Cl)c2ccc3nc(-c4nnco4)cn3c2n1. The number of hydrogen-bond acceptors (Lipinski definition) is 5. The monoisotopic (exact) mass is 499 g/mol. The molecular weight excluding hydrogens is 492 g/mol. The Morgan fingerprint density at radius 3 is 2.36 bits per heavy atom. The molecule has 0 bridgehead atoms. The Bertz CT molecular complexity index is 1520. The Morgan fingerprint density at radius 2 is 1.70 bits per heavy atom. The van der Waals surface area contributed by atoms with Crippen molar-refractivity contribution in [3.05, 3.63) is 64.7 Å². The van der Waals surface area contributed by atoms with E-state index >= 15 is 0 Å². The van der Waals surface area contributed by atoms with E-state index < -0.39 is 17.8 Å². The number of rotatable bonds is 3. The van der Waals surface area contributed by atoms with Gasteiger partial charge in [-0.25, -0.2) is 9.97 Å². The Kier molecular flexibility index (Phi) is 4.80. The van der Waals surface area contributed by atoms with Gasteiger partial charge >= 0.3 is 12.1 Å². The van der Waals surface area contributed by atoms with Crippen LogP contribution in [-0.4, -0.2) is 30.7 Å². The van der Waals surface area contributed by atoms with Crippen LogP contribution in [0.25, 0.3) is 39.4 Å². The van der Waals surface area contributed by atoms with E-state index in [-0.39, 0.29) is 49.4 Å². The van der Waals surface area contributed by atoms with Crippen LogP contribution in [0.5, 0.6) is 0 Å². The fourth-order valence-corrected chi connectivity index (χ4v) is 3.86. The molecule has 0 saturated carbocycles. The minimum absolute atomic E-state index is 0.00975. The summed E-state index contributed by atoms with van der Waals surface area (Å²) < 4.78 is 74.7. The molecule has 33 heavy (non-hydrogen) atoms. The molecule has 0 fully saturated rings. The first-order valence-electron chi connectivity index (χ1n) is 9.06. The van der Waals surface area contributed by atoms with Gasteiger partial charge in [0.2, 0.25) is 6.39 Å². The number of aromatic nitrogens is 5. The Balaban J connectivity index is 1.87. The maximum absolute atomic E-state index is 14.4. The van der Waals surface area contributed by atoms with Crippen LogP contribution in [0.15, 0.2) is 53.4 Å². The van der Waals surface area contributed by atoms with Crippen molar-refractivity contribution in [3.8, 4) is 22.7 Å². The summed E-state index contributed by atoms with van der Waals surface area (Å²) in [5, 5.41) is 7.85. The molecule has 0 aliphatic rings. The van der Waals surface area contributed by atoms with Crippen molar-refractivity contribution < 1.29 is 26.4 Å². The van der Waals surface area contributed by atoms with E-state index in [0.717, 1.165) is 6.39 Å². The van der Waals surface area contributed by atoms with E-state index in [1.165, 1.54) is 34.9 Å². The molecule has 4 heterocycles. The molecule has 168 valence electrons. The van der Waals surface area contributed by atoms with Crippen molar-refractivity contribution >= 4 is 39.9 Å². The Hall–Kier alpha value is -3.31. The van der Waals surface area contributed by atoms with Gasteiger partial charge in [0.05, 0.1) is 0 Å². The average Bonchev–Trinajstić information content (AvgIpc) is 3.42. The summed E-state index contributed by atoms with van der Waals surface area (Å²) in [5.74, 6) is -5.20. The van der Waals surface area contributed by atoms with E-state index in [1.807, 2.05) is 0 Å². The van der Waals surface area contributed by atoms with E-state index in [9.17, 15) is 22.0 Å². The molecule has 0 atom stereocenters. The minimum atomic E-state index is -5.87. The van der Waals surface area contributed by atoms with Crippen molar-refractivity contribution in [2.45, 2.75) is 12.1 Å². The number of halogens is 7. The van der Waals surface area contributed by atoms with Crippen molar-refractivity contribution in [3.63, 3.8) is 0 Å². The average molecular weight is 500 g/mol. The summed E-state index contributed by atoms with van der Waals surface area (Å²) in [6, 6.07) is 7.94. The molecule has 5 aromatic rings. The number of hydrogen-bond donors (Lipinski definition) is 0. The Morgan fingerprint density at radius 1 is 0.909 bits per heavy atom. The van der Waals surface area contributed by atoms with Crippen molar-refractivity contribution in [2.24, 2.45) is 0 Å². The van der Waals surface area contributed by atoms with Gasteiger partial charge in [-0.15, -0.1) is 10.2 Å². The normalized spacial score (nSPS) is 12.7. The summed E-state index contributed by atoms with van der Waals surface area (Å²) in [5.41, 5.74) is -1.10. The zero-order chi connectivity index (χ0) is 23.5. The lowest BCUT2D eigenvalue weighted by molar-refractivity contribution is -0.290. The molecule has 0 aliphatic carbocycles. The van der Waals surface area contributed by atoms with Gasteiger partial charge < -0.3 is 4.42 Å². The summed E-state index contributed by atoms with van der Waals surface area (Å²) >= 11 is 12.2. The molecule has 0 unspecified atom stereocenters. The number of imidazole rings is 1. The van der Waals surface area contributed by atoms with Crippen molar-refractivity contribution in [1.82, 2.24) is 24.6 Å². The zero-order valence-electron chi connectivity index (χ0n) is 15.9. The van der Waals surface area contributed by atoms with Crippen molar-refractivity contribution in [1.29, 1.82) is 0 Å². The lowest BCUT2D eigenvalue weighted by Crippen LogP contribution is -2.34. The van der Waals surface area contributed by atoms with E-state index in [0.29, 0.717) is 6.07 Å². The first kappa shape index (κ1) is 21.5. The largest absolute Gasteiger partial charge is 0.459 e. The third-order valence-corrected chi connectivity index (χ3v) is 5.42. The van der Waals surface area contributed by atoms with Gasteiger partial charge in [-0.05, 0) is 35.9 Å². The van der Waals surface area contributed by atoms with Gasteiger partial charge in [-0.1, -0.05) is 29.3 Å². The second-order valence-corrected chi connectivity index (χ2v) is 7.76. The highest BCUT2D eigenvalue weighted by Crippen LogP contribution is 2.45. The Labute approximate surface area is 190 Å². The van der Waals surface area contributed by atoms with Crippen LogP contribution in [0.3, 0.4) is 0 Å². The van der Waals surface area contributed by atoms with Crippen LogP contribution in [0, 0.1) is 0 Å². The predicted molar refractivity (Wildman–Crippen MR) is 109 cm³/mol. The highest BCUT2D eigenvalue weighted by Gasteiger charge is 2.60. The molecule has 0 saturated heterocycles. The van der Waals surface area contributed by atoms with Gasteiger partial charge in [-0.2, -0.15) is 22.0 Å². The number of fused-ring (bicyclic) bond motifs is 3. The number of alkyl halides is 5. The molecule has 0 spiro atoms. The number of nitrogens with zero attached hydrogens (tertiary/aromatic N) is 5. The second kappa shape index (κ2) is 7.35.